The zero-order valence-electron chi connectivity index (χ0n) is 10.7. The van der Waals surface area contributed by atoms with Crippen molar-refractivity contribution in [2.45, 2.75) is 38.9 Å². The van der Waals surface area contributed by atoms with Crippen molar-refractivity contribution in [3.8, 4) is 0 Å². The number of pyridine rings is 1. The first-order valence-electron chi connectivity index (χ1n) is 5.44. The number of aliphatic hydroxyl groups is 1. The quantitative estimate of drug-likeness (QED) is 0.639. The summed E-state index contributed by atoms with van der Waals surface area (Å²) in [4.78, 5) is 3.54. The van der Waals surface area contributed by atoms with Crippen LogP contribution in [-0.4, -0.2) is 33.4 Å². The van der Waals surface area contributed by atoms with Crippen LogP contribution < -0.4 is 5.46 Å². The summed E-state index contributed by atoms with van der Waals surface area (Å²) in [6.45, 7) is 6.26. The molecule has 100 valence electrons. The van der Waals surface area contributed by atoms with Gasteiger partial charge in [-0.2, -0.15) is 0 Å². The van der Waals surface area contributed by atoms with Gasteiger partial charge in [0.15, 0.2) is 0 Å². The smallest absolute Gasteiger partial charge is 0.423 e. The first kappa shape index (κ1) is 15.4. The summed E-state index contributed by atoms with van der Waals surface area (Å²) >= 11 is 5.63. The van der Waals surface area contributed by atoms with Crippen molar-refractivity contribution in [1.29, 1.82) is 0 Å². The lowest BCUT2D eigenvalue weighted by molar-refractivity contribution is -0.0983. The Bertz CT molecular complexity index is 437. The van der Waals surface area contributed by atoms with Crippen LogP contribution in [-0.2, 0) is 4.65 Å². The minimum Gasteiger partial charge on any atom is -0.423 e. The minimum atomic E-state index is -1.54. The maximum atomic E-state index is 13.5. The highest BCUT2D eigenvalue weighted by atomic mass is 35.5. The summed E-state index contributed by atoms with van der Waals surface area (Å²) in [6.07, 6.45) is 0.904. The van der Waals surface area contributed by atoms with Gasteiger partial charge in [-0.15, -0.1) is 0 Å². The van der Waals surface area contributed by atoms with Crippen molar-refractivity contribution in [2.24, 2.45) is 0 Å². The summed E-state index contributed by atoms with van der Waals surface area (Å²) in [5, 5.41) is 19.8. The number of aromatic nitrogens is 1. The van der Waals surface area contributed by atoms with Gasteiger partial charge in [0.2, 0.25) is 0 Å². The molecular formula is C11H16BClFNO3. The fourth-order valence-electron chi connectivity index (χ4n) is 1.10. The molecule has 0 unspecified atom stereocenters. The molecule has 1 heterocycles. The van der Waals surface area contributed by atoms with Gasteiger partial charge in [0.25, 0.3) is 0 Å². The predicted octanol–water partition coefficient (Wildman–Crippen LogP) is 1.13. The standard InChI is InChI=1S/C11H16BClFNO3/c1-10(2,16)11(3,4)18-12(17)7-5-9(13)15-6-8(7)14/h5-6,16-17H,1-4H3. The van der Waals surface area contributed by atoms with E-state index in [0.717, 1.165) is 6.20 Å². The number of halogens is 2. The van der Waals surface area contributed by atoms with E-state index in [1.54, 1.807) is 13.8 Å². The Hall–Kier alpha value is -0.685. The third-order valence-corrected chi connectivity index (χ3v) is 3.20. The molecule has 0 aromatic carbocycles. The van der Waals surface area contributed by atoms with Gasteiger partial charge in [-0.05, 0) is 33.8 Å². The van der Waals surface area contributed by atoms with Crippen molar-refractivity contribution in [3.63, 3.8) is 0 Å². The predicted molar refractivity (Wildman–Crippen MR) is 68.3 cm³/mol. The van der Waals surface area contributed by atoms with Crippen LogP contribution in [0.3, 0.4) is 0 Å². The molecule has 0 fully saturated rings. The van der Waals surface area contributed by atoms with Crippen molar-refractivity contribution >= 4 is 24.2 Å². The molecule has 7 heteroatoms. The number of hydrogen-bond donors (Lipinski definition) is 2. The van der Waals surface area contributed by atoms with Gasteiger partial charge in [0, 0.05) is 5.46 Å². The molecule has 4 nitrogen and oxygen atoms in total. The van der Waals surface area contributed by atoms with Crippen LogP contribution in [0.1, 0.15) is 27.7 Å². The Kier molecular flexibility index (Phi) is 4.38. The van der Waals surface area contributed by atoms with E-state index in [2.05, 4.69) is 4.98 Å². The Morgan fingerprint density at radius 3 is 2.44 bits per heavy atom. The fraction of sp³-hybridized carbons (Fsp3) is 0.545. The van der Waals surface area contributed by atoms with Gasteiger partial charge < -0.3 is 14.8 Å². The highest BCUT2D eigenvalue weighted by Crippen LogP contribution is 2.25. The largest absolute Gasteiger partial charge is 0.494 e. The summed E-state index contributed by atoms with van der Waals surface area (Å²) < 4.78 is 18.8. The molecule has 18 heavy (non-hydrogen) atoms. The van der Waals surface area contributed by atoms with Gasteiger partial charge in [0.05, 0.1) is 17.4 Å². The minimum absolute atomic E-state index is 0.0510. The second-order valence-corrected chi connectivity index (χ2v) is 5.46. The fourth-order valence-corrected chi connectivity index (χ4v) is 1.27. The molecule has 0 saturated heterocycles. The average Bonchev–Trinajstić information content (AvgIpc) is 2.19. The number of rotatable bonds is 4. The molecule has 0 aliphatic carbocycles. The monoisotopic (exact) mass is 275 g/mol. The normalized spacial score (nSPS) is 12.7. The summed E-state index contributed by atoms with van der Waals surface area (Å²) in [5.41, 5.74) is -2.40. The Morgan fingerprint density at radius 2 is 1.94 bits per heavy atom. The molecule has 2 N–H and O–H groups in total. The third kappa shape index (κ3) is 3.41. The molecule has 0 bridgehead atoms. The summed E-state index contributed by atoms with van der Waals surface area (Å²) in [7, 11) is -1.54. The van der Waals surface area contributed by atoms with Gasteiger partial charge in [-0.1, -0.05) is 11.6 Å². The second kappa shape index (κ2) is 5.13. The first-order chi connectivity index (χ1) is 8.04. The van der Waals surface area contributed by atoms with Crippen LogP contribution in [0.25, 0.3) is 0 Å². The zero-order valence-corrected chi connectivity index (χ0v) is 11.5. The van der Waals surface area contributed by atoms with Gasteiger partial charge in [-0.25, -0.2) is 9.37 Å². The van der Waals surface area contributed by atoms with Crippen LogP contribution in [0, 0.1) is 5.82 Å². The molecule has 1 aromatic rings. The lowest BCUT2D eigenvalue weighted by Gasteiger charge is -2.38. The molecule has 0 atom stereocenters. The molecule has 0 radical (unpaired) electrons. The van der Waals surface area contributed by atoms with Crippen molar-refractivity contribution < 1.29 is 19.2 Å². The van der Waals surface area contributed by atoms with E-state index < -0.39 is 24.1 Å². The lowest BCUT2D eigenvalue weighted by Crippen LogP contribution is -2.53. The Labute approximate surface area is 111 Å². The number of nitrogens with zero attached hydrogens (tertiary/aromatic N) is 1. The van der Waals surface area contributed by atoms with E-state index in [1.165, 1.54) is 19.9 Å². The van der Waals surface area contributed by atoms with Crippen LogP contribution in [0.2, 0.25) is 5.15 Å². The topological polar surface area (TPSA) is 62.6 Å². The number of hydrogen-bond acceptors (Lipinski definition) is 4. The molecule has 1 rings (SSSR count). The Morgan fingerprint density at radius 1 is 1.39 bits per heavy atom. The average molecular weight is 276 g/mol. The van der Waals surface area contributed by atoms with Crippen molar-refractivity contribution in [2.75, 3.05) is 0 Å². The summed E-state index contributed by atoms with van der Waals surface area (Å²) in [5.74, 6) is -0.724. The van der Waals surface area contributed by atoms with Crippen molar-refractivity contribution in [1.82, 2.24) is 4.98 Å². The van der Waals surface area contributed by atoms with E-state index in [4.69, 9.17) is 16.3 Å². The molecule has 0 spiro atoms. The van der Waals surface area contributed by atoms with Gasteiger partial charge in [0.1, 0.15) is 11.0 Å². The summed E-state index contributed by atoms with van der Waals surface area (Å²) in [6, 6.07) is 1.18. The van der Waals surface area contributed by atoms with Crippen LogP contribution in [0.5, 0.6) is 0 Å². The molecule has 0 aliphatic rings. The second-order valence-electron chi connectivity index (χ2n) is 5.07. The van der Waals surface area contributed by atoms with Crippen LogP contribution >= 0.6 is 11.6 Å². The lowest BCUT2D eigenvalue weighted by atomic mass is 9.76. The molecule has 1 aromatic heterocycles. The molecule has 0 amide bonds. The SMILES string of the molecule is CC(C)(O)C(C)(C)OB(O)c1cc(Cl)ncc1F. The van der Waals surface area contributed by atoms with E-state index in [1.807, 2.05) is 0 Å². The van der Waals surface area contributed by atoms with Gasteiger partial charge in [-0.3, -0.25) is 0 Å². The third-order valence-electron chi connectivity index (χ3n) is 3.00. The van der Waals surface area contributed by atoms with E-state index in [0.29, 0.717) is 0 Å². The first-order valence-corrected chi connectivity index (χ1v) is 5.81. The van der Waals surface area contributed by atoms with E-state index in [9.17, 15) is 14.5 Å². The molecular weight excluding hydrogens is 259 g/mol. The maximum Gasteiger partial charge on any atom is 0.494 e. The van der Waals surface area contributed by atoms with E-state index in [-0.39, 0.29) is 10.6 Å². The highest BCUT2D eigenvalue weighted by molar-refractivity contribution is 6.60. The molecule has 0 saturated carbocycles. The maximum absolute atomic E-state index is 13.5. The van der Waals surface area contributed by atoms with Crippen LogP contribution in [0.4, 0.5) is 4.39 Å². The highest BCUT2D eigenvalue weighted by Gasteiger charge is 2.40. The van der Waals surface area contributed by atoms with Crippen LogP contribution in [0.15, 0.2) is 12.3 Å². The van der Waals surface area contributed by atoms with Gasteiger partial charge >= 0.3 is 7.12 Å². The zero-order chi connectivity index (χ0) is 14.1. The van der Waals surface area contributed by atoms with Crippen molar-refractivity contribution in [3.05, 3.63) is 23.2 Å². The van der Waals surface area contributed by atoms with E-state index >= 15 is 0 Å². The Balaban J connectivity index is 2.95. The molecule has 0 aliphatic heterocycles.